The molecule has 0 saturated carbocycles. The summed E-state index contributed by atoms with van der Waals surface area (Å²) in [5.74, 6) is 0. The molecule has 4 nitrogen and oxygen atoms in total. The molecule has 0 spiro atoms. The molecule has 1 aliphatic carbocycles. The van der Waals surface area contributed by atoms with Crippen LogP contribution in [0.5, 0.6) is 0 Å². The number of aliphatic hydroxyl groups excluding tert-OH is 1. The molecule has 0 radical (unpaired) electrons. The van der Waals surface area contributed by atoms with Gasteiger partial charge < -0.3 is 5.11 Å². The zero-order valence-electron chi connectivity index (χ0n) is 13.0. The van der Waals surface area contributed by atoms with E-state index in [2.05, 4.69) is 43.9 Å². The van der Waals surface area contributed by atoms with Crippen molar-refractivity contribution in [1.82, 2.24) is 9.96 Å². The van der Waals surface area contributed by atoms with Crippen molar-refractivity contribution in [3.63, 3.8) is 0 Å². The molecule has 0 bridgehead atoms. The van der Waals surface area contributed by atoms with Crippen LogP contribution in [0.1, 0.15) is 33.6 Å². The summed E-state index contributed by atoms with van der Waals surface area (Å²) in [6, 6.07) is 0.155. The summed E-state index contributed by atoms with van der Waals surface area (Å²) in [7, 11) is 0. The Bertz CT molecular complexity index is 371. The second kappa shape index (κ2) is 6.85. The van der Waals surface area contributed by atoms with Gasteiger partial charge in [0, 0.05) is 32.2 Å². The second-order valence-corrected chi connectivity index (χ2v) is 6.66. The lowest BCUT2D eigenvalue weighted by Gasteiger charge is -2.42. The first-order valence-corrected chi connectivity index (χ1v) is 7.62. The van der Waals surface area contributed by atoms with E-state index in [0.29, 0.717) is 0 Å². The molecule has 1 aliphatic heterocycles. The predicted molar refractivity (Wildman–Crippen MR) is 81.3 cm³/mol. The van der Waals surface area contributed by atoms with E-state index in [1.165, 1.54) is 5.57 Å². The largest absolute Gasteiger partial charge is 0.395 e. The third kappa shape index (κ3) is 4.70. The smallest absolute Gasteiger partial charge is 0.0815 e. The molecular weight excluding hydrogens is 252 g/mol. The Morgan fingerprint density at radius 2 is 2.10 bits per heavy atom. The Balaban J connectivity index is 1.89. The molecule has 4 heteroatoms. The van der Waals surface area contributed by atoms with Crippen LogP contribution >= 0.6 is 0 Å². The lowest BCUT2D eigenvalue weighted by atomic mass is 10.1. The predicted octanol–water partition coefficient (Wildman–Crippen LogP) is 1.97. The van der Waals surface area contributed by atoms with E-state index >= 15 is 0 Å². The molecule has 1 fully saturated rings. The standard InChI is InChI=1S/C16H28N2O2/c1-16(2,3)20-18-10-9-17(15(12-18)13-19)11-14-7-5-4-6-8-14/h5,7-8,15,19H,4,6,9-13H2,1-3H3/t15-/m1/s1. The highest BCUT2D eigenvalue weighted by Gasteiger charge is 2.29. The fourth-order valence-electron chi connectivity index (χ4n) is 2.74. The van der Waals surface area contributed by atoms with E-state index in [-0.39, 0.29) is 18.2 Å². The Hall–Kier alpha value is -0.680. The Labute approximate surface area is 122 Å². The molecule has 2 rings (SSSR count). The molecule has 20 heavy (non-hydrogen) atoms. The monoisotopic (exact) mass is 280 g/mol. The summed E-state index contributed by atoms with van der Waals surface area (Å²) in [6.07, 6.45) is 9.06. The Kier molecular flexibility index (Phi) is 5.38. The minimum atomic E-state index is -0.170. The first-order chi connectivity index (χ1) is 9.48. The van der Waals surface area contributed by atoms with E-state index in [4.69, 9.17) is 4.84 Å². The highest BCUT2D eigenvalue weighted by Crippen LogP contribution is 2.18. The van der Waals surface area contributed by atoms with Gasteiger partial charge in [0.25, 0.3) is 0 Å². The van der Waals surface area contributed by atoms with Crippen LogP contribution in [0.15, 0.2) is 23.8 Å². The zero-order valence-corrected chi connectivity index (χ0v) is 13.0. The number of piperazine rings is 1. The molecule has 0 aromatic carbocycles. The van der Waals surface area contributed by atoms with Crippen molar-refractivity contribution in [2.45, 2.75) is 45.3 Å². The van der Waals surface area contributed by atoms with Crippen molar-refractivity contribution >= 4 is 0 Å². The first kappa shape index (κ1) is 15.7. The van der Waals surface area contributed by atoms with Gasteiger partial charge in [-0.05, 0) is 39.2 Å². The van der Waals surface area contributed by atoms with E-state index < -0.39 is 0 Å². The molecule has 1 heterocycles. The summed E-state index contributed by atoms with van der Waals surface area (Å²) in [6.45, 7) is 9.90. The van der Waals surface area contributed by atoms with Gasteiger partial charge in [0.2, 0.25) is 0 Å². The minimum Gasteiger partial charge on any atom is -0.395 e. The van der Waals surface area contributed by atoms with Crippen LogP contribution in [-0.4, -0.2) is 59.5 Å². The molecule has 2 aliphatic rings. The van der Waals surface area contributed by atoms with Crippen molar-refractivity contribution in [1.29, 1.82) is 0 Å². The number of allylic oxidation sites excluding steroid dienone is 2. The molecule has 0 aromatic heterocycles. The molecule has 114 valence electrons. The van der Waals surface area contributed by atoms with E-state index in [1.54, 1.807) is 0 Å². The second-order valence-electron chi connectivity index (χ2n) is 6.66. The first-order valence-electron chi connectivity index (χ1n) is 7.62. The van der Waals surface area contributed by atoms with Gasteiger partial charge >= 0.3 is 0 Å². The van der Waals surface area contributed by atoms with E-state index in [1.807, 2.05) is 5.06 Å². The third-order valence-electron chi connectivity index (χ3n) is 3.64. The number of hydrogen-bond acceptors (Lipinski definition) is 4. The highest BCUT2D eigenvalue weighted by atomic mass is 16.7. The molecule has 1 saturated heterocycles. The van der Waals surface area contributed by atoms with Crippen LogP contribution in [0.3, 0.4) is 0 Å². The SMILES string of the molecule is CC(C)(C)ON1CCN(CC2=CCCC=C2)[C@@H](CO)C1. The Morgan fingerprint density at radius 1 is 1.30 bits per heavy atom. The maximum absolute atomic E-state index is 9.65. The fourth-order valence-corrected chi connectivity index (χ4v) is 2.74. The van der Waals surface area contributed by atoms with Gasteiger partial charge in [0.15, 0.2) is 0 Å². The highest BCUT2D eigenvalue weighted by molar-refractivity contribution is 5.23. The summed E-state index contributed by atoms with van der Waals surface area (Å²) < 4.78 is 0. The average Bonchev–Trinajstić information content (AvgIpc) is 2.40. The molecule has 0 unspecified atom stereocenters. The van der Waals surface area contributed by atoms with Crippen LogP contribution in [0.4, 0.5) is 0 Å². The van der Waals surface area contributed by atoms with Crippen LogP contribution < -0.4 is 0 Å². The van der Waals surface area contributed by atoms with Crippen molar-refractivity contribution in [2.24, 2.45) is 0 Å². The number of aliphatic hydroxyl groups is 1. The molecule has 1 atom stereocenters. The normalized spacial score (nSPS) is 25.8. The van der Waals surface area contributed by atoms with Crippen LogP contribution in [0.2, 0.25) is 0 Å². The van der Waals surface area contributed by atoms with Crippen LogP contribution in [0.25, 0.3) is 0 Å². The van der Waals surface area contributed by atoms with Crippen LogP contribution in [0, 0.1) is 0 Å². The number of rotatable bonds is 4. The fraction of sp³-hybridized carbons (Fsp3) is 0.750. The Morgan fingerprint density at radius 3 is 2.70 bits per heavy atom. The third-order valence-corrected chi connectivity index (χ3v) is 3.64. The maximum atomic E-state index is 9.65. The lowest BCUT2D eigenvalue weighted by molar-refractivity contribution is -0.248. The van der Waals surface area contributed by atoms with Gasteiger partial charge in [-0.3, -0.25) is 9.74 Å². The van der Waals surface area contributed by atoms with E-state index in [0.717, 1.165) is 39.0 Å². The molecular formula is C16H28N2O2. The summed E-state index contributed by atoms with van der Waals surface area (Å²) in [5, 5.41) is 11.6. The van der Waals surface area contributed by atoms with Gasteiger partial charge in [-0.1, -0.05) is 18.2 Å². The van der Waals surface area contributed by atoms with Gasteiger partial charge in [-0.25, -0.2) is 0 Å². The van der Waals surface area contributed by atoms with Crippen molar-refractivity contribution < 1.29 is 9.94 Å². The average molecular weight is 280 g/mol. The van der Waals surface area contributed by atoms with Crippen LogP contribution in [-0.2, 0) is 4.84 Å². The molecule has 0 amide bonds. The molecule has 0 aromatic rings. The zero-order chi connectivity index (χ0) is 14.6. The van der Waals surface area contributed by atoms with Crippen molar-refractivity contribution in [3.05, 3.63) is 23.8 Å². The summed E-state index contributed by atoms with van der Waals surface area (Å²) >= 11 is 0. The van der Waals surface area contributed by atoms with Gasteiger partial charge in [-0.15, -0.1) is 0 Å². The van der Waals surface area contributed by atoms with Crippen molar-refractivity contribution in [2.75, 3.05) is 32.8 Å². The number of hydrogen-bond donors (Lipinski definition) is 1. The lowest BCUT2D eigenvalue weighted by Crippen LogP contribution is -2.56. The quantitative estimate of drug-likeness (QED) is 0.854. The molecule has 1 N–H and O–H groups in total. The maximum Gasteiger partial charge on any atom is 0.0815 e. The van der Waals surface area contributed by atoms with E-state index in [9.17, 15) is 5.11 Å². The van der Waals surface area contributed by atoms with Gasteiger partial charge in [-0.2, -0.15) is 5.06 Å². The summed E-state index contributed by atoms with van der Waals surface area (Å²) in [5.41, 5.74) is 1.21. The summed E-state index contributed by atoms with van der Waals surface area (Å²) in [4.78, 5) is 8.28. The van der Waals surface area contributed by atoms with Crippen molar-refractivity contribution in [3.8, 4) is 0 Å². The number of hydroxylamine groups is 2. The topological polar surface area (TPSA) is 35.9 Å². The van der Waals surface area contributed by atoms with Gasteiger partial charge in [0.05, 0.1) is 12.2 Å². The van der Waals surface area contributed by atoms with Gasteiger partial charge in [0.1, 0.15) is 0 Å². The minimum absolute atomic E-state index is 0.155. The number of nitrogens with zero attached hydrogens (tertiary/aromatic N) is 2.